The standard InChI is InChI=1S/C8H15N/c1-5-6-2-7(5)4-8(9)3-6/h5-8H,2-4,9H2,1H3. The summed E-state index contributed by atoms with van der Waals surface area (Å²) in [6.45, 7) is 2.38. The number of hydrogen-bond donors (Lipinski definition) is 1. The summed E-state index contributed by atoms with van der Waals surface area (Å²) in [7, 11) is 0. The summed E-state index contributed by atoms with van der Waals surface area (Å²) in [6, 6.07) is 0.546. The van der Waals surface area contributed by atoms with Crippen molar-refractivity contribution in [1.82, 2.24) is 0 Å². The van der Waals surface area contributed by atoms with Gasteiger partial charge in [-0.05, 0) is 37.0 Å². The number of fused-ring (bicyclic) bond motifs is 2. The molecule has 2 unspecified atom stereocenters. The summed E-state index contributed by atoms with van der Waals surface area (Å²) in [6.07, 6.45) is 4.09. The molecule has 1 heteroatoms. The lowest BCUT2D eigenvalue weighted by atomic mass is 9.57. The lowest BCUT2D eigenvalue weighted by molar-refractivity contribution is 0.0165. The zero-order chi connectivity index (χ0) is 6.43. The van der Waals surface area contributed by atoms with Crippen LogP contribution in [-0.4, -0.2) is 6.04 Å². The highest BCUT2D eigenvalue weighted by Gasteiger charge is 2.43. The van der Waals surface area contributed by atoms with Gasteiger partial charge < -0.3 is 5.73 Å². The molecule has 0 spiro atoms. The van der Waals surface area contributed by atoms with Gasteiger partial charge in [-0.1, -0.05) is 6.92 Å². The van der Waals surface area contributed by atoms with Crippen molar-refractivity contribution in [3.05, 3.63) is 0 Å². The van der Waals surface area contributed by atoms with E-state index in [2.05, 4.69) is 6.92 Å². The molecular formula is C8H15N. The number of hydrogen-bond acceptors (Lipinski definition) is 1. The molecule has 52 valence electrons. The van der Waals surface area contributed by atoms with E-state index < -0.39 is 0 Å². The minimum atomic E-state index is 0.546. The van der Waals surface area contributed by atoms with Gasteiger partial charge in [0.1, 0.15) is 0 Å². The molecule has 0 amide bonds. The molecule has 3 rings (SSSR count). The Labute approximate surface area is 56.6 Å². The Morgan fingerprint density at radius 1 is 1.11 bits per heavy atom. The van der Waals surface area contributed by atoms with Crippen molar-refractivity contribution in [3.8, 4) is 0 Å². The van der Waals surface area contributed by atoms with Gasteiger partial charge >= 0.3 is 0 Å². The molecular weight excluding hydrogens is 110 g/mol. The summed E-state index contributed by atoms with van der Waals surface area (Å²) in [5.74, 6) is 3.00. The fourth-order valence-electron chi connectivity index (χ4n) is 2.50. The molecule has 0 radical (unpaired) electrons. The molecule has 1 nitrogen and oxygen atoms in total. The second-order valence-corrected chi connectivity index (χ2v) is 3.85. The summed E-state index contributed by atoms with van der Waals surface area (Å²) in [4.78, 5) is 0. The summed E-state index contributed by atoms with van der Waals surface area (Å²) < 4.78 is 0. The predicted octanol–water partition coefficient (Wildman–Crippen LogP) is 1.38. The van der Waals surface area contributed by atoms with Gasteiger partial charge in [-0.2, -0.15) is 0 Å². The lowest BCUT2D eigenvalue weighted by Gasteiger charge is -2.50. The van der Waals surface area contributed by atoms with Gasteiger partial charge in [0.15, 0.2) is 0 Å². The largest absolute Gasteiger partial charge is 0.328 e. The van der Waals surface area contributed by atoms with Crippen molar-refractivity contribution in [2.75, 3.05) is 0 Å². The Morgan fingerprint density at radius 3 is 2.00 bits per heavy atom. The fourth-order valence-corrected chi connectivity index (χ4v) is 2.50. The molecule has 0 aromatic heterocycles. The molecule has 0 aromatic carbocycles. The second kappa shape index (κ2) is 1.72. The van der Waals surface area contributed by atoms with Crippen LogP contribution in [0, 0.1) is 17.8 Å². The minimum absolute atomic E-state index is 0.546. The van der Waals surface area contributed by atoms with Crippen LogP contribution in [0.25, 0.3) is 0 Å². The van der Waals surface area contributed by atoms with Crippen LogP contribution >= 0.6 is 0 Å². The third kappa shape index (κ3) is 0.710. The first kappa shape index (κ1) is 5.72. The summed E-state index contributed by atoms with van der Waals surface area (Å²) in [5.41, 5.74) is 5.82. The smallest absolute Gasteiger partial charge is 0.00443 e. The van der Waals surface area contributed by atoms with Crippen molar-refractivity contribution in [3.63, 3.8) is 0 Å². The van der Waals surface area contributed by atoms with E-state index in [1.807, 2.05) is 0 Å². The normalized spacial score (nSPS) is 56.7. The lowest BCUT2D eigenvalue weighted by Crippen LogP contribution is -2.47. The SMILES string of the molecule is CC1C2CC(N)CC1C2. The molecule has 0 aliphatic heterocycles. The first-order valence-electron chi connectivity index (χ1n) is 4.03. The van der Waals surface area contributed by atoms with Crippen LogP contribution in [0.3, 0.4) is 0 Å². The van der Waals surface area contributed by atoms with E-state index in [-0.39, 0.29) is 0 Å². The van der Waals surface area contributed by atoms with Gasteiger partial charge in [-0.3, -0.25) is 0 Å². The van der Waals surface area contributed by atoms with Gasteiger partial charge in [0.25, 0.3) is 0 Å². The summed E-state index contributed by atoms with van der Waals surface area (Å²) >= 11 is 0. The molecule has 2 atom stereocenters. The minimum Gasteiger partial charge on any atom is -0.328 e. The van der Waals surface area contributed by atoms with Crippen molar-refractivity contribution < 1.29 is 0 Å². The predicted molar refractivity (Wildman–Crippen MR) is 38.0 cm³/mol. The van der Waals surface area contributed by atoms with E-state index in [9.17, 15) is 0 Å². The van der Waals surface area contributed by atoms with Crippen LogP contribution < -0.4 is 5.73 Å². The Hall–Kier alpha value is -0.0400. The third-order valence-electron chi connectivity index (χ3n) is 3.30. The van der Waals surface area contributed by atoms with Crippen molar-refractivity contribution >= 4 is 0 Å². The van der Waals surface area contributed by atoms with Crippen LogP contribution in [0.2, 0.25) is 0 Å². The van der Waals surface area contributed by atoms with Crippen LogP contribution in [0.4, 0.5) is 0 Å². The van der Waals surface area contributed by atoms with Crippen molar-refractivity contribution in [1.29, 1.82) is 0 Å². The molecule has 2 bridgehead atoms. The van der Waals surface area contributed by atoms with Crippen molar-refractivity contribution in [2.45, 2.75) is 32.2 Å². The van der Waals surface area contributed by atoms with Crippen LogP contribution in [-0.2, 0) is 0 Å². The Bertz CT molecular complexity index is 110. The van der Waals surface area contributed by atoms with Crippen LogP contribution in [0.15, 0.2) is 0 Å². The molecule has 0 aromatic rings. The molecule has 0 heterocycles. The fraction of sp³-hybridized carbons (Fsp3) is 1.00. The maximum absolute atomic E-state index is 5.82. The topological polar surface area (TPSA) is 26.0 Å². The van der Waals surface area contributed by atoms with Gasteiger partial charge in [-0.25, -0.2) is 0 Å². The highest BCUT2D eigenvalue weighted by atomic mass is 14.7. The van der Waals surface area contributed by atoms with E-state index >= 15 is 0 Å². The molecule has 2 N–H and O–H groups in total. The summed E-state index contributed by atoms with van der Waals surface area (Å²) in [5, 5.41) is 0. The Balaban J connectivity index is 2.01. The van der Waals surface area contributed by atoms with Gasteiger partial charge in [0.2, 0.25) is 0 Å². The van der Waals surface area contributed by atoms with Crippen LogP contribution in [0.5, 0.6) is 0 Å². The van der Waals surface area contributed by atoms with Gasteiger partial charge in [-0.15, -0.1) is 0 Å². The molecule has 9 heavy (non-hydrogen) atoms. The molecule has 3 fully saturated rings. The van der Waals surface area contributed by atoms with Crippen LogP contribution in [0.1, 0.15) is 26.2 Å². The highest BCUT2D eigenvalue weighted by Crippen LogP contribution is 2.49. The Morgan fingerprint density at radius 2 is 1.67 bits per heavy atom. The maximum atomic E-state index is 5.82. The van der Waals surface area contributed by atoms with E-state index in [0.29, 0.717) is 6.04 Å². The Kier molecular flexibility index (Phi) is 1.10. The van der Waals surface area contributed by atoms with E-state index in [4.69, 9.17) is 5.73 Å². The monoisotopic (exact) mass is 125 g/mol. The average molecular weight is 125 g/mol. The first-order valence-corrected chi connectivity index (χ1v) is 4.03. The number of rotatable bonds is 0. The zero-order valence-corrected chi connectivity index (χ0v) is 6.01. The molecule has 3 saturated carbocycles. The number of nitrogens with two attached hydrogens (primary N) is 1. The zero-order valence-electron chi connectivity index (χ0n) is 6.01. The molecule has 3 aliphatic carbocycles. The van der Waals surface area contributed by atoms with E-state index in [0.717, 1.165) is 17.8 Å². The average Bonchev–Trinajstić information content (AvgIpc) is 1.87. The van der Waals surface area contributed by atoms with Crippen molar-refractivity contribution in [2.24, 2.45) is 23.5 Å². The van der Waals surface area contributed by atoms with Gasteiger partial charge in [0.05, 0.1) is 0 Å². The third-order valence-corrected chi connectivity index (χ3v) is 3.30. The first-order chi connectivity index (χ1) is 4.27. The highest BCUT2D eigenvalue weighted by molar-refractivity contribution is 4.95. The maximum Gasteiger partial charge on any atom is 0.00443 e. The molecule has 0 saturated heterocycles. The quantitative estimate of drug-likeness (QED) is 0.520. The van der Waals surface area contributed by atoms with E-state index in [1.54, 1.807) is 0 Å². The second-order valence-electron chi connectivity index (χ2n) is 3.85. The molecule has 3 aliphatic rings. The van der Waals surface area contributed by atoms with E-state index in [1.165, 1.54) is 19.3 Å². The van der Waals surface area contributed by atoms with Gasteiger partial charge in [0, 0.05) is 6.04 Å².